The Balaban J connectivity index is 1.92. The molecular formula is C9H19NO2. The molecule has 0 saturated carbocycles. The van der Waals surface area contributed by atoms with Crippen LogP contribution < -0.4 is 5.32 Å². The molecule has 1 aliphatic heterocycles. The zero-order valence-corrected chi connectivity index (χ0v) is 8.01. The van der Waals surface area contributed by atoms with Gasteiger partial charge in [-0.05, 0) is 12.8 Å². The maximum Gasteiger partial charge on any atom is 0.147 e. The molecule has 0 aromatic rings. The molecule has 1 N–H and O–H groups in total. The number of rotatable bonds is 6. The van der Waals surface area contributed by atoms with Crippen molar-refractivity contribution >= 4 is 0 Å². The van der Waals surface area contributed by atoms with Gasteiger partial charge in [0.15, 0.2) is 0 Å². The van der Waals surface area contributed by atoms with E-state index in [4.69, 9.17) is 9.47 Å². The number of hydrogen-bond acceptors (Lipinski definition) is 3. The van der Waals surface area contributed by atoms with Crippen LogP contribution in [0.5, 0.6) is 0 Å². The van der Waals surface area contributed by atoms with Crippen LogP contribution in [-0.4, -0.2) is 32.1 Å². The summed E-state index contributed by atoms with van der Waals surface area (Å²) in [6.07, 6.45) is 2.91. The molecule has 0 radical (unpaired) electrons. The first kappa shape index (κ1) is 9.96. The van der Waals surface area contributed by atoms with E-state index < -0.39 is 0 Å². The van der Waals surface area contributed by atoms with Gasteiger partial charge in [0.2, 0.25) is 0 Å². The predicted molar refractivity (Wildman–Crippen MR) is 48.1 cm³/mol. The highest BCUT2D eigenvalue weighted by atomic mass is 16.7. The van der Waals surface area contributed by atoms with Gasteiger partial charge in [-0.1, -0.05) is 13.8 Å². The second kappa shape index (κ2) is 5.51. The van der Waals surface area contributed by atoms with Crippen molar-refractivity contribution in [1.29, 1.82) is 0 Å². The minimum atomic E-state index is 0.373. The average Bonchev–Trinajstić information content (AvgIpc) is 2.02. The molecule has 0 aliphatic carbocycles. The standard InChI is InChI=1S/C9H19NO2/c1-3-8(4-2)11-7-12-9-5-10-6-9/h8-10H,3-7H2,1-2H3. The Morgan fingerprint density at radius 3 is 2.42 bits per heavy atom. The van der Waals surface area contributed by atoms with E-state index in [0.717, 1.165) is 25.9 Å². The number of ether oxygens (including phenoxy) is 2. The van der Waals surface area contributed by atoms with Crippen LogP contribution >= 0.6 is 0 Å². The molecular weight excluding hydrogens is 154 g/mol. The molecule has 0 atom stereocenters. The normalized spacial score (nSPS) is 18.2. The van der Waals surface area contributed by atoms with Crippen molar-refractivity contribution in [2.75, 3.05) is 19.9 Å². The summed E-state index contributed by atoms with van der Waals surface area (Å²) in [7, 11) is 0. The summed E-state index contributed by atoms with van der Waals surface area (Å²) in [5.74, 6) is 0. The third-order valence-corrected chi connectivity index (χ3v) is 2.26. The Hall–Kier alpha value is -0.120. The molecule has 12 heavy (non-hydrogen) atoms. The van der Waals surface area contributed by atoms with E-state index in [1.807, 2.05) is 0 Å². The Morgan fingerprint density at radius 2 is 2.00 bits per heavy atom. The zero-order chi connectivity index (χ0) is 8.81. The van der Waals surface area contributed by atoms with E-state index in [9.17, 15) is 0 Å². The first-order valence-corrected chi connectivity index (χ1v) is 4.80. The van der Waals surface area contributed by atoms with Crippen molar-refractivity contribution in [2.24, 2.45) is 0 Å². The van der Waals surface area contributed by atoms with Gasteiger partial charge in [0.05, 0.1) is 12.2 Å². The molecule has 0 aromatic carbocycles. The van der Waals surface area contributed by atoms with Crippen LogP contribution in [0, 0.1) is 0 Å². The van der Waals surface area contributed by atoms with Crippen LogP contribution in [0.1, 0.15) is 26.7 Å². The fourth-order valence-corrected chi connectivity index (χ4v) is 1.14. The van der Waals surface area contributed by atoms with E-state index in [-0.39, 0.29) is 0 Å². The highest BCUT2D eigenvalue weighted by Crippen LogP contribution is 2.04. The second-order valence-electron chi connectivity index (χ2n) is 3.17. The average molecular weight is 173 g/mol. The lowest BCUT2D eigenvalue weighted by atomic mass is 10.2. The lowest BCUT2D eigenvalue weighted by Crippen LogP contribution is -2.48. The first-order valence-electron chi connectivity index (χ1n) is 4.80. The smallest absolute Gasteiger partial charge is 0.147 e. The van der Waals surface area contributed by atoms with Crippen molar-refractivity contribution in [3.05, 3.63) is 0 Å². The minimum Gasteiger partial charge on any atom is -0.352 e. The fourth-order valence-electron chi connectivity index (χ4n) is 1.14. The van der Waals surface area contributed by atoms with Gasteiger partial charge in [-0.25, -0.2) is 0 Å². The van der Waals surface area contributed by atoms with Gasteiger partial charge in [0.1, 0.15) is 6.79 Å². The molecule has 0 spiro atoms. The van der Waals surface area contributed by atoms with Crippen molar-refractivity contribution < 1.29 is 9.47 Å². The number of nitrogens with one attached hydrogen (secondary N) is 1. The van der Waals surface area contributed by atoms with Crippen LogP contribution in [0.3, 0.4) is 0 Å². The van der Waals surface area contributed by atoms with Crippen LogP contribution in [0.4, 0.5) is 0 Å². The Kier molecular flexibility index (Phi) is 4.58. The Bertz CT molecular complexity index is 111. The zero-order valence-electron chi connectivity index (χ0n) is 8.01. The van der Waals surface area contributed by atoms with E-state index in [2.05, 4.69) is 19.2 Å². The second-order valence-corrected chi connectivity index (χ2v) is 3.17. The monoisotopic (exact) mass is 173 g/mol. The molecule has 1 fully saturated rings. The van der Waals surface area contributed by atoms with E-state index >= 15 is 0 Å². The Labute approximate surface area is 74.4 Å². The summed E-state index contributed by atoms with van der Waals surface area (Å²) in [4.78, 5) is 0. The van der Waals surface area contributed by atoms with Gasteiger partial charge in [0, 0.05) is 13.1 Å². The first-order chi connectivity index (χ1) is 5.86. The van der Waals surface area contributed by atoms with Crippen LogP contribution in [0.25, 0.3) is 0 Å². The van der Waals surface area contributed by atoms with Crippen molar-refractivity contribution in [2.45, 2.75) is 38.9 Å². The summed E-state index contributed by atoms with van der Waals surface area (Å²) in [5, 5.41) is 3.15. The van der Waals surface area contributed by atoms with Crippen molar-refractivity contribution in [1.82, 2.24) is 5.32 Å². The van der Waals surface area contributed by atoms with Crippen LogP contribution in [0.15, 0.2) is 0 Å². The topological polar surface area (TPSA) is 30.5 Å². The molecule has 3 heteroatoms. The van der Waals surface area contributed by atoms with Gasteiger partial charge >= 0.3 is 0 Å². The molecule has 1 rings (SSSR count). The summed E-state index contributed by atoms with van der Waals surface area (Å²) in [6.45, 7) is 6.69. The summed E-state index contributed by atoms with van der Waals surface area (Å²) in [5.41, 5.74) is 0. The lowest BCUT2D eigenvalue weighted by Gasteiger charge is -2.27. The Morgan fingerprint density at radius 1 is 1.33 bits per heavy atom. The highest BCUT2D eigenvalue weighted by molar-refractivity contribution is 4.74. The molecule has 0 amide bonds. The minimum absolute atomic E-state index is 0.373. The lowest BCUT2D eigenvalue weighted by molar-refractivity contribution is -0.129. The van der Waals surface area contributed by atoms with Gasteiger partial charge in [0.25, 0.3) is 0 Å². The van der Waals surface area contributed by atoms with Gasteiger partial charge in [-0.3, -0.25) is 0 Å². The third-order valence-electron chi connectivity index (χ3n) is 2.26. The SMILES string of the molecule is CCC(CC)OCOC1CNC1. The molecule has 0 aromatic heterocycles. The quantitative estimate of drug-likeness (QED) is 0.611. The molecule has 1 saturated heterocycles. The van der Waals surface area contributed by atoms with Crippen LogP contribution in [-0.2, 0) is 9.47 Å². The van der Waals surface area contributed by atoms with Crippen molar-refractivity contribution in [3.8, 4) is 0 Å². The highest BCUT2D eigenvalue weighted by Gasteiger charge is 2.17. The molecule has 3 nitrogen and oxygen atoms in total. The largest absolute Gasteiger partial charge is 0.352 e. The molecule has 72 valence electrons. The van der Waals surface area contributed by atoms with Gasteiger partial charge in [-0.15, -0.1) is 0 Å². The fraction of sp³-hybridized carbons (Fsp3) is 1.00. The van der Waals surface area contributed by atoms with Gasteiger partial charge in [-0.2, -0.15) is 0 Å². The van der Waals surface area contributed by atoms with Crippen molar-refractivity contribution in [3.63, 3.8) is 0 Å². The molecule has 0 bridgehead atoms. The molecule has 0 unspecified atom stereocenters. The maximum atomic E-state index is 5.50. The maximum absolute atomic E-state index is 5.50. The summed E-state index contributed by atoms with van der Waals surface area (Å²) < 4.78 is 10.9. The van der Waals surface area contributed by atoms with E-state index in [1.54, 1.807) is 0 Å². The summed E-state index contributed by atoms with van der Waals surface area (Å²) in [6, 6.07) is 0. The predicted octanol–water partition coefficient (Wildman–Crippen LogP) is 1.14. The third kappa shape index (κ3) is 3.09. The molecule has 1 heterocycles. The molecule has 1 aliphatic rings. The van der Waals surface area contributed by atoms with E-state index in [0.29, 0.717) is 19.0 Å². The number of hydrogen-bond donors (Lipinski definition) is 1. The van der Waals surface area contributed by atoms with Crippen LogP contribution in [0.2, 0.25) is 0 Å². The van der Waals surface area contributed by atoms with Gasteiger partial charge < -0.3 is 14.8 Å². The van der Waals surface area contributed by atoms with E-state index in [1.165, 1.54) is 0 Å². The summed E-state index contributed by atoms with van der Waals surface area (Å²) >= 11 is 0.